The Morgan fingerprint density at radius 1 is 1.41 bits per heavy atom. The molecule has 118 valence electrons. The minimum atomic E-state index is 0.213. The molecule has 0 amide bonds. The van der Waals surface area contributed by atoms with Gasteiger partial charge in [0, 0.05) is 41.2 Å². The maximum atomic E-state index is 5.39. The standard InChI is InChI=1S/C15H19BrN4OS/c1-20-8-7-17-10-13(20)15-18-14(21-19-15)6-9-22-12-4-2-11(16)3-5-12/h2-5,13,17H,6-10H2,1H3. The van der Waals surface area contributed by atoms with Crippen LogP contribution in [0.5, 0.6) is 0 Å². The molecule has 0 radical (unpaired) electrons. The Labute approximate surface area is 143 Å². The van der Waals surface area contributed by atoms with Gasteiger partial charge in [0.1, 0.15) is 0 Å². The fraction of sp³-hybridized carbons (Fsp3) is 0.467. The number of halogens is 1. The van der Waals surface area contributed by atoms with Gasteiger partial charge >= 0.3 is 0 Å². The molecular weight excluding hydrogens is 364 g/mol. The molecule has 1 N–H and O–H groups in total. The Bertz CT molecular complexity index is 604. The van der Waals surface area contributed by atoms with E-state index in [0.29, 0.717) is 0 Å². The van der Waals surface area contributed by atoms with Gasteiger partial charge in [0.2, 0.25) is 5.89 Å². The van der Waals surface area contributed by atoms with Crippen LogP contribution in [0.1, 0.15) is 17.8 Å². The Morgan fingerprint density at radius 2 is 2.23 bits per heavy atom. The van der Waals surface area contributed by atoms with Crippen LogP contribution >= 0.6 is 27.7 Å². The second-order valence-electron chi connectivity index (χ2n) is 5.30. The lowest BCUT2D eigenvalue weighted by atomic mass is 10.2. The number of hydrogen-bond acceptors (Lipinski definition) is 6. The molecule has 22 heavy (non-hydrogen) atoms. The third-order valence-electron chi connectivity index (χ3n) is 3.69. The van der Waals surface area contributed by atoms with Gasteiger partial charge in [-0.1, -0.05) is 21.1 Å². The number of nitrogens with one attached hydrogen (secondary N) is 1. The predicted octanol–water partition coefficient (Wildman–Crippen LogP) is 2.74. The van der Waals surface area contributed by atoms with Gasteiger partial charge in [-0.3, -0.25) is 4.90 Å². The largest absolute Gasteiger partial charge is 0.339 e. The molecule has 1 aromatic carbocycles. The number of likely N-dealkylation sites (N-methyl/N-ethyl adjacent to an activating group) is 1. The van der Waals surface area contributed by atoms with Crippen molar-refractivity contribution in [2.24, 2.45) is 0 Å². The lowest BCUT2D eigenvalue weighted by Gasteiger charge is -2.30. The molecule has 1 aromatic heterocycles. The summed E-state index contributed by atoms with van der Waals surface area (Å²) in [6.45, 7) is 2.90. The van der Waals surface area contributed by atoms with Crippen molar-refractivity contribution in [3.05, 3.63) is 40.5 Å². The summed E-state index contributed by atoms with van der Waals surface area (Å²) in [5.74, 6) is 2.44. The summed E-state index contributed by atoms with van der Waals surface area (Å²) in [5.41, 5.74) is 0. The summed E-state index contributed by atoms with van der Waals surface area (Å²) in [6, 6.07) is 8.54. The summed E-state index contributed by atoms with van der Waals surface area (Å²) in [6.07, 6.45) is 0.789. The first-order valence-corrected chi connectivity index (χ1v) is 9.12. The number of benzene rings is 1. The maximum Gasteiger partial charge on any atom is 0.227 e. The van der Waals surface area contributed by atoms with Crippen LogP contribution in [0.25, 0.3) is 0 Å². The number of hydrogen-bond donors (Lipinski definition) is 1. The van der Waals surface area contributed by atoms with Crippen molar-refractivity contribution in [2.75, 3.05) is 32.4 Å². The molecule has 1 atom stereocenters. The van der Waals surface area contributed by atoms with E-state index in [1.54, 1.807) is 11.8 Å². The molecule has 2 aromatic rings. The van der Waals surface area contributed by atoms with Crippen molar-refractivity contribution in [3.8, 4) is 0 Å². The van der Waals surface area contributed by atoms with Crippen LogP contribution in [-0.2, 0) is 6.42 Å². The normalized spacial score (nSPS) is 19.5. The molecule has 1 aliphatic rings. The van der Waals surface area contributed by atoms with Crippen molar-refractivity contribution >= 4 is 27.7 Å². The van der Waals surface area contributed by atoms with Crippen molar-refractivity contribution in [1.29, 1.82) is 0 Å². The van der Waals surface area contributed by atoms with E-state index in [9.17, 15) is 0 Å². The van der Waals surface area contributed by atoms with E-state index in [0.717, 1.165) is 48.0 Å². The molecule has 1 unspecified atom stereocenters. The molecule has 2 heterocycles. The van der Waals surface area contributed by atoms with Gasteiger partial charge in [-0.05, 0) is 31.3 Å². The number of thioether (sulfide) groups is 1. The van der Waals surface area contributed by atoms with Gasteiger partial charge < -0.3 is 9.84 Å². The molecule has 5 nitrogen and oxygen atoms in total. The molecule has 1 aliphatic heterocycles. The molecule has 0 saturated carbocycles. The molecule has 1 saturated heterocycles. The summed E-state index contributed by atoms with van der Waals surface area (Å²) in [5, 5.41) is 7.52. The van der Waals surface area contributed by atoms with Gasteiger partial charge in [-0.15, -0.1) is 11.8 Å². The molecule has 0 spiro atoms. The number of aryl methyl sites for hydroxylation is 1. The zero-order chi connectivity index (χ0) is 15.4. The van der Waals surface area contributed by atoms with Crippen molar-refractivity contribution in [2.45, 2.75) is 17.4 Å². The average Bonchev–Trinajstić information content (AvgIpc) is 2.98. The average molecular weight is 383 g/mol. The Hall–Kier alpha value is -0.890. The van der Waals surface area contributed by atoms with Gasteiger partial charge in [0.15, 0.2) is 5.82 Å². The second-order valence-corrected chi connectivity index (χ2v) is 7.38. The van der Waals surface area contributed by atoms with Crippen LogP contribution in [0.2, 0.25) is 0 Å². The van der Waals surface area contributed by atoms with E-state index < -0.39 is 0 Å². The third-order valence-corrected chi connectivity index (χ3v) is 5.23. The highest BCUT2D eigenvalue weighted by Gasteiger charge is 2.25. The molecule has 1 fully saturated rings. The number of nitrogens with zero attached hydrogens (tertiary/aromatic N) is 3. The van der Waals surface area contributed by atoms with E-state index in [2.05, 4.69) is 67.6 Å². The molecule has 0 bridgehead atoms. The van der Waals surface area contributed by atoms with E-state index >= 15 is 0 Å². The van der Waals surface area contributed by atoms with Crippen LogP contribution < -0.4 is 5.32 Å². The Kier molecular flexibility index (Phi) is 5.51. The van der Waals surface area contributed by atoms with Crippen LogP contribution in [0.3, 0.4) is 0 Å². The third kappa shape index (κ3) is 4.10. The summed E-state index contributed by atoms with van der Waals surface area (Å²) >= 11 is 5.24. The van der Waals surface area contributed by atoms with E-state index in [-0.39, 0.29) is 6.04 Å². The van der Waals surface area contributed by atoms with E-state index in [1.165, 1.54) is 4.90 Å². The van der Waals surface area contributed by atoms with E-state index in [1.807, 2.05) is 0 Å². The topological polar surface area (TPSA) is 54.2 Å². The zero-order valence-electron chi connectivity index (χ0n) is 12.5. The van der Waals surface area contributed by atoms with Gasteiger partial charge in [0.05, 0.1) is 6.04 Å². The molecule has 0 aliphatic carbocycles. The van der Waals surface area contributed by atoms with Crippen LogP contribution in [0.15, 0.2) is 38.2 Å². The van der Waals surface area contributed by atoms with Gasteiger partial charge in [0.25, 0.3) is 0 Å². The van der Waals surface area contributed by atoms with Crippen molar-refractivity contribution < 1.29 is 4.52 Å². The predicted molar refractivity (Wildman–Crippen MR) is 91.1 cm³/mol. The van der Waals surface area contributed by atoms with Crippen LogP contribution in [0.4, 0.5) is 0 Å². The number of aromatic nitrogens is 2. The quantitative estimate of drug-likeness (QED) is 0.802. The van der Waals surface area contributed by atoms with E-state index in [4.69, 9.17) is 4.52 Å². The fourth-order valence-electron chi connectivity index (χ4n) is 2.39. The molecular formula is C15H19BrN4OS. The fourth-order valence-corrected chi connectivity index (χ4v) is 3.49. The van der Waals surface area contributed by atoms with Gasteiger partial charge in [-0.2, -0.15) is 4.98 Å². The highest BCUT2D eigenvalue weighted by Crippen LogP contribution is 2.22. The molecule has 7 heteroatoms. The Balaban J connectivity index is 1.52. The summed E-state index contributed by atoms with van der Waals surface area (Å²) in [4.78, 5) is 8.06. The number of rotatable bonds is 5. The SMILES string of the molecule is CN1CCNCC1c1noc(CCSc2ccc(Br)cc2)n1. The van der Waals surface area contributed by atoms with Crippen molar-refractivity contribution in [1.82, 2.24) is 20.4 Å². The number of piperazine rings is 1. The monoisotopic (exact) mass is 382 g/mol. The first-order valence-electron chi connectivity index (χ1n) is 7.34. The smallest absolute Gasteiger partial charge is 0.227 e. The summed E-state index contributed by atoms with van der Waals surface area (Å²) < 4.78 is 6.49. The van der Waals surface area contributed by atoms with Crippen LogP contribution in [-0.4, -0.2) is 47.5 Å². The molecule has 3 rings (SSSR count). The van der Waals surface area contributed by atoms with Gasteiger partial charge in [-0.25, -0.2) is 0 Å². The second kappa shape index (κ2) is 7.59. The minimum absolute atomic E-state index is 0.213. The highest BCUT2D eigenvalue weighted by atomic mass is 79.9. The zero-order valence-corrected chi connectivity index (χ0v) is 14.9. The summed E-state index contributed by atoms with van der Waals surface area (Å²) in [7, 11) is 2.10. The van der Waals surface area contributed by atoms with Crippen LogP contribution in [0, 0.1) is 0 Å². The lowest BCUT2D eigenvalue weighted by molar-refractivity contribution is 0.190. The lowest BCUT2D eigenvalue weighted by Crippen LogP contribution is -2.44. The minimum Gasteiger partial charge on any atom is -0.339 e. The highest BCUT2D eigenvalue weighted by molar-refractivity contribution is 9.10. The first kappa shape index (κ1) is 16.0. The maximum absolute atomic E-state index is 5.39. The first-order chi connectivity index (χ1) is 10.7. The van der Waals surface area contributed by atoms with Crippen molar-refractivity contribution in [3.63, 3.8) is 0 Å². The Morgan fingerprint density at radius 3 is 3.00 bits per heavy atom.